The molecule has 0 spiro atoms. The first-order chi connectivity index (χ1) is 9.68. The van der Waals surface area contributed by atoms with Crippen molar-refractivity contribution < 1.29 is 4.74 Å². The average molecular weight is 290 g/mol. The number of rotatable bonds is 2. The Labute approximate surface area is 126 Å². The number of aryl methyl sites for hydroxylation is 1. The quantitative estimate of drug-likeness (QED) is 0.850. The van der Waals surface area contributed by atoms with E-state index in [1.807, 2.05) is 12.1 Å². The molecule has 1 heterocycles. The maximum Gasteiger partial charge on any atom is 0.106 e. The highest BCUT2D eigenvalue weighted by Crippen LogP contribution is 2.35. The van der Waals surface area contributed by atoms with Gasteiger partial charge in [-0.05, 0) is 31.4 Å². The van der Waals surface area contributed by atoms with E-state index in [9.17, 15) is 0 Å². The second kappa shape index (κ2) is 5.70. The lowest BCUT2D eigenvalue weighted by molar-refractivity contribution is -0.00872. The molecule has 20 heavy (non-hydrogen) atoms. The largest absolute Gasteiger partial charge is 0.389 e. The third-order valence-corrected chi connectivity index (χ3v) is 4.74. The van der Waals surface area contributed by atoms with Crippen LogP contribution in [0.2, 0.25) is 0 Å². The summed E-state index contributed by atoms with van der Waals surface area (Å²) in [6.45, 7) is 3.87. The number of para-hydroxylation sites is 1. The summed E-state index contributed by atoms with van der Waals surface area (Å²) >= 11 is 5.25. The number of hydrogen-bond donors (Lipinski definition) is 1. The number of benzene rings is 1. The predicted molar refractivity (Wildman–Crippen MR) is 86.4 cm³/mol. The van der Waals surface area contributed by atoms with Gasteiger partial charge in [-0.1, -0.05) is 37.2 Å². The van der Waals surface area contributed by atoms with Crippen LogP contribution in [0.1, 0.15) is 36.8 Å². The minimum atomic E-state index is 0.372. The molecule has 2 atom stereocenters. The van der Waals surface area contributed by atoms with E-state index in [0.29, 0.717) is 17.1 Å². The number of thiocarbonyl (C=S) groups is 1. The number of fused-ring (bicyclic) bond motifs is 1. The second-order valence-electron chi connectivity index (χ2n) is 5.79. The van der Waals surface area contributed by atoms with Crippen LogP contribution >= 0.6 is 12.2 Å². The number of nitrogens with zero attached hydrogens (tertiary/aromatic N) is 1. The number of morpholine rings is 1. The minimum absolute atomic E-state index is 0.372. The van der Waals surface area contributed by atoms with Gasteiger partial charge in [0.15, 0.2) is 0 Å². The first kappa shape index (κ1) is 13.8. The zero-order valence-corrected chi connectivity index (χ0v) is 12.8. The third-order valence-electron chi connectivity index (χ3n) is 4.52. The molecule has 1 aliphatic heterocycles. The second-order valence-corrected chi connectivity index (χ2v) is 6.23. The van der Waals surface area contributed by atoms with Gasteiger partial charge in [0.1, 0.15) is 4.99 Å². The molecule has 0 radical (unpaired) electrons. The molecule has 1 aromatic carbocycles. The fraction of sp³-hybridized carbons (Fsp3) is 0.562. The van der Waals surface area contributed by atoms with Gasteiger partial charge in [0.05, 0.1) is 24.4 Å². The zero-order chi connectivity index (χ0) is 14.1. The van der Waals surface area contributed by atoms with E-state index in [1.165, 1.54) is 36.9 Å². The van der Waals surface area contributed by atoms with Crippen molar-refractivity contribution >= 4 is 22.9 Å². The fourth-order valence-electron chi connectivity index (χ4n) is 3.61. The van der Waals surface area contributed by atoms with Gasteiger partial charge < -0.3 is 15.4 Å². The zero-order valence-electron chi connectivity index (χ0n) is 12.0. The summed E-state index contributed by atoms with van der Waals surface area (Å²) in [6.07, 6.45) is 5.32. The molecule has 0 bridgehead atoms. The van der Waals surface area contributed by atoms with Crippen molar-refractivity contribution in [2.24, 2.45) is 5.73 Å². The molecular formula is C16H22N2OS. The lowest BCUT2D eigenvalue weighted by Gasteiger charge is -2.46. The number of anilines is 1. The van der Waals surface area contributed by atoms with Gasteiger partial charge >= 0.3 is 0 Å². The van der Waals surface area contributed by atoms with Gasteiger partial charge in [0.25, 0.3) is 0 Å². The van der Waals surface area contributed by atoms with Crippen LogP contribution in [-0.4, -0.2) is 30.3 Å². The molecule has 2 unspecified atom stereocenters. The highest BCUT2D eigenvalue weighted by molar-refractivity contribution is 7.80. The Kier molecular flexibility index (Phi) is 3.94. The summed E-state index contributed by atoms with van der Waals surface area (Å²) in [5.41, 5.74) is 9.41. The summed E-state index contributed by atoms with van der Waals surface area (Å²) in [6, 6.07) is 6.70. The first-order valence-corrected chi connectivity index (χ1v) is 7.87. The maximum absolute atomic E-state index is 5.97. The van der Waals surface area contributed by atoms with Gasteiger partial charge in [0.2, 0.25) is 0 Å². The van der Waals surface area contributed by atoms with E-state index in [4.69, 9.17) is 22.7 Å². The molecule has 1 saturated heterocycles. The molecule has 3 rings (SSSR count). The third kappa shape index (κ3) is 2.42. The number of ether oxygens (including phenoxy) is 1. The molecule has 4 heteroatoms. The van der Waals surface area contributed by atoms with Gasteiger partial charge in [-0.3, -0.25) is 0 Å². The van der Waals surface area contributed by atoms with Crippen LogP contribution in [0.15, 0.2) is 18.2 Å². The lowest BCUT2D eigenvalue weighted by Crippen LogP contribution is -2.53. The van der Waals surface area contributed by atoms with E-state index in [2.05, 4.69) is 17.9 Å². The molecule has 1 aromatic rings. The summed E-state index contributed by atoms with van der Waals surface area (Å²) in [5, 5.41) is 0. The Morgan fingerprint density at radius 3 is 2.95 bits per heavy atom. The molecule has 2 fully saturated rings. The summed E-state index contributed by atoms with van der Waals surface area (Å²) in [4.78, 5) is 2.99. The summed E-state index contributed by atoms with van der Waals surface area (Å²) < 4.78 is 5.97. The predicted octanol–water partition coefficient (Wildman–Crippen LogP) is 2.78. The molecule has 0 amide bonds. The standard InChI is InChI=1S/C16H22N2OS/c1-11-5-4-6-12(16(17)20)15(11)18-9-10-19-14-8-3-2-7-13(14)18/h4-6,13-14H,2-3,7-10H2,1H3,(H2,17,20). The normalized spacial score (nSPS) is 26.1. The number of hydrogen-bond acceptors (Lipinski definition) is 3. The van der Waals surface area contributed by atoms with E-state index < -0.39 is 0 Å². The minimum Gasteiger partial charge on any atom is -0.389 e. The highest BCUT2D eigenvalue weighted by Gasteiger charge is 2.35. The van der Waals surface area contributed by atoms with Crippen LogP contribution in [0, 0.1) is 6.92 Å². The van der Waals surface area contributed by atoms with Crippen molar-refractivity contribution in [3.63, 3.8) is 0 Å². The molecule has 2 N–H and O–H groups in total. The van der Waals surface area contributed by atoms with Crippen LogP contribution in [0.3, 0.4) is 0 Å². The van der Waals surface area contributed by atoms with Gasteiger partial charge in [-0.15, -0.1) is 0 Å². The van der Waals surface area contributed by atoms with Crippen LogP contribution in [0.25, 0.3) is 0 Å². The van der Waals surface area contributed by atoms with E-state index >= 15 is 0 Å². The van der Waals surface area contributed by atoms with Crippen LogP contribution < -0.4 is 10.6 Å². The molecule has 3 nitrogen and oxygen atoms in total. The first-order valence-electron chi connectivity index (χ1n) is 7.46. The summed E-state index contributed by atoms with van der Waals surface area (Å²) in [7, 11) is 0. The molecule has 108 valence electrons. The Bertz CT molecular complexity index is 515. The average Bonchev–Trinajstić information content (AvgIpc) is 2.46. The van der Waals surface area contributed by atoms with E-state index in [1.54, 1.807) is 0 Å². The molecular weight excluding hydrogens is 268 g/mol. The molecule has 2 aliphatic rings. The Balaban J connectivity index is 2.00. The Hall–Kier alpha value is -1.13. The van der Waals surface area contributed by atoms with E-state index in [0.717, 1.165) is 18.7 Å². The van der Waals surface area contributed by atoms with Crippen LogP contribution in [0.4, 0.5) is 5.69 Å². The Morgan fingerprint density at radius 1 is 1.35 bits per heavy atom. The topological polar surface area (TPSA) is 38.5 Å². The van der Waals surface area contributed by atoms with Gasteiger partial charge in [-0.2, -0.15) is 0 Å². The molecule has 0 aromatic heterocycles. The van der Waals surface area contributed by atoms with Crippen molar-refractivity contribution in [1.29, 1.82) is 0 Å². The lowest BCUT2D eigenvalue weighted by atomic mass is 9.89. The summed E-state index contributed by atoms with van der Waals surface area (Å²) in [5.74, 6) is 0. The smallest absolute Gasteiger partial charge is 0.106 e. The Morgan fingerprint density at radius 2 is 2.15 bits per heavy atom. The van der Waals surface area contributed by atoms with Crippen molar-refractivity contribution in [3.05, 3.63) is 29.3 Å². The van der Waals surface area contributed by atoms with Crippen LogP contribution in [-0.2, 0) is 4.74 Å². The SMILES string of the molecule is Cc1cccc(C(N)=S)c1N1CCOC2CCCCC21. The maximum atomic E-state index is 5.97. The molecule has 1 aliphatic carbocycles. The highest BCUT2D eigenvalue weighted by atomic mass is 32.1. The monoisotopic (exact) mass is 290 g/mol. The van der Waals surface area contributed by atoms with Crippen molar-refractivity contribution in [2.45, 2.75) is 44.8 Å². The fourth-order valence-corrected chi connectivity index (χ4v) is 3.78. The van der Waals surface area contributed by atoms with Gasteiger partial charge in [-0.25, -0.2) is 0 Å². The molecule has 1 saturated carbocycles. The number of nitrogens with two attached hydrogens (primary N) is 1. The van der Waals surface area contributed by atoms with Crippen molar-refractivity contribution in [3.8, 4) is 0 Å². The van der Waals surface area contributed by atoms with Crippen molar-refractivity contribution in [1.82, 2.24) is 0 Å². The van der Waals surface area contributed by atoms with Crippen LogP contribution in [0.5, 0.6) is 0 Å². The van der Waals surface area contributed by atoms with E-state index in [-0.39, 0.29) is 0 Å². The van der Waals surface area contributed by atoms with Gasteiger partial charge in [0, 0.05) is 12.1 Å². The van der Waals surface area contributed by atoms with Crippen molar-refractivity contribution in [2.75, 3.05) is 18.1 Å².